The van der Waals surface area contributed by atoms with Gasteiger partial charge >= 0.3 is 0 Å². The highest BCUT2D eigenvalue weighted by Gasteiger charge is 2.33. The number of hydrogen-bond acceptors (Lipinski definition) is 5. The first-order chi connectivity index (χ1) is 14.6. The van der Waals surface area contributed by atoms with Crippen LogP contribution in [0, 0.1) is 12.7 Å². The summed E-state index contributed by atoms with van der Waals surface area (Å²) in [5.74, 6) is 0.694. The third-order valence-corrected chi connectivity index (χ3v) is 5.31. The summed E-state index contributed by atoms with van der Waals surface area (Å²) >= 11 is 0. The van der Waals surface area contributed by atoms with Crippen molar-refractivity contribution < 1.29 is 18.7 Å². The first kappa shape index (κ1) is 18.5. The van der Waals surface area contributed by atoms with Crippen molar-refractivity contribution in [1.29, 1.82) is 0 Å². The summed E-state index contributed by atoms with van der Waals surface area (Å²) in [7, 11) is 0. The van der Waals surface area contributed by atoms with Gasteiger partial charge in [-0.05, 0) is 37.3 Å². The highest BCUT2D eigenvalue weighted by atomic mass is 19.1. The van der Waals surface area contributed by atoms with Crippen LogP contribution in [0.3, 0.4) is 0 Å². The van der Waals surface area contributed by atoms with Crippen molar-refractivity contribution in [2.75, 3.05) is 6.73 Å². The lowest BCUT2D eigenvalue weighted by Crippen LogP contribution is -2.32. The van der Waals surface area contributed by atoms with E-state index in [9.17, 15) is 9.18 Å². The number of aromatic nitrogens is 1. The maximum absolute atomic E-state index is 14.0. The number of allylic oxidation sites excluding steroid dienone is 1. The van der Waals surface area contributed by atoms with E-state index < -0.39 is 5.82 Å². The van der Waals surface area contributed by atoms with Gasteiger partial charge in [-0.2, -0.15) is 0 Å². The zero-order valence-electron chi connectivity index (χ0n) is 16.4. The van der Waals surface area contributed by atoms with Crippen LogP contribution in [0.2, 0.25) is 0 Å². The molecule has 2 aliphatic heterocycles. The van der Waals surface area contributed by atoms with Crippen molar-refractivity contribution >= 4 is 11.9 Å². The lowest BCUT2D eigenvalue weighted by Gasteiger charge is -2.30. The van der Waals surface area contributed by atoms with E-state index in [4.69, 9.17) is 9.47 Å². The highest BCUT2D eigenvalue weighted by molar-refractivity contribution is 6.15. The molecule has 3 heterocycles. The summed E-state index contributed by atoms with van der Waals surface area (Å²) in [5, 5.41) is 0. The summed E-state index contributed by atoms with van der Waals surface area (Å²) < 4.78 is 25.8. The molecule has 1 aromatic heterocycles. The molecule has 0 saturated heterocycles. The molecule has 0 radical (unpaired) electrons. The largest absolute Gasteiger partial charge is 0.477 e. The van der Waals surface area contributed by atoms with Gasteiger partial charge in [0.1, 0.15) is 24.0 Å². The number of hydrogen-bond donors (Lipinski definition) is 0. The Hall–Kier alpha value is -3.51. The second-order valence-corrected chi connectivity index (χ2v) is 7.41. The van der Waals surface area contributed by atoms with Crippen LogP contribution >= 0.6 is 0 Å². The second-order valence-electron chi connectivity index (χ2n) is 7.41. The van der Waals surface area contributed by atoms with Gasteiger partial charge in [-0.15, -0.1) is 0 Å². The molecule has 3 aromatic rings. The minimum atomic E-state index is -0.401. The van der Waals surface area contributed by atoms with Gasteiger partial charge in [0.05, 0.1) is 11.3 Å². The fourth-order valence-corrected chi connectivity index (χ4v) is 3.85. The smallest absolute Gasteiger partial charge is 0.231 e. The average Bonchev–Trinajstić information content (AvgIpc) is 3.06. The third kappa shape index (κ3) is 3.25. The van der Waals surface area contributed by atoms with E-state index in [1.165, 1.54) is 12.1 Å². The minimum absolute atomic E-state index is 0.117. The zero-order chi connectivity index (χ0) is 20.7. The quantitative estimate of drug-likeness (QED) is 0.604. The molecule has 0 unspecified atom stereocenters. The molecule has 150 valence electrons. The van der Waals surface area contributed by atoms with Gasteiger partial charge in [-0.25, -0.2) is 4.39 Å². The number of rotatable bonds is 3. The van der Waals surface area contributed by atoms with E-state index in [0.717, 1.165) is 22.6 Å². The topological polar surface area (TPSA) is 51.7 Å². The van der Waals surface area contributed by atoms with Crippen LogP contribution in [0.4, 0.5) is 4.39 Å². The number of ether oxygens (including phenoxy) is 2. The van der Waals surface area contributed by atoms with E-state index in [1.807, 2.05) is 31.2 Å². The molecule has 5 rings (SSSR count). The summed E-state index contributed by atoms with van der Waals surface area (Å²) in [6.07, 6.45) is 3.22. The fourth-order valence-electron chi connectivity index (χ4n) is 3.85. The number of carbonyl (C=O) groups excluding carboxylic acids is 1. The van der Waals surface area contributed by atoms with Gasteiger partial charge < -0.3 is 9.47 Å². The van der Waals surface area contributed by atoms with Gasteiger partial charge in [0.2, 0.25) is 5.78 Å². The van der Waals surface area contributed by atoms with Crippen molar-refractivity contribution in [2.45, 2.75) is 20.0 Å². The number of nitrogens with zero attached hydrogens (tertiary/aromatic N) is 2. The van der Waals surface area contributed by atoms with Crippen LogP contribution in [0.1, 0.15) is 32.7 Å². The SMILES string of the molecule is Cc1c2c(cc3c1OC(=Cc1ccccc1F)C3=O)CN(Cc1ccccn1)CO2. The van der Waals surface area contributed by atoms with Crippen LogP contribution < -0.4 is 9.47 Å². The van der Waals surface area contributed by atoms with Gasteiger partial charge in [0.15, 0.2) is 5.76 Å². The second kappa shape index (κ2) is 7.39. The van der Waals surface area contributed by atoms with Crippen LogP contribution in [0.15, 0.2) is 60.5 Å². The number of carbonyl (C=O) groups is 1. The van der Waals surface area contributed by atoms with Crippen molar-refractivity contribution in [3.8, 4) is 11.5 Å². The fraction of sp³-hybridized carbons (Fsp3) is 0.167. The number of benzene rings is 2. The first-order valence-corrected chi connectivity index (χ1v) is 9.70. The molecule has 30 heavy (non-hydrogen) atoms. The molecule has 2 aromatic carbocycles. The molecule has 0 amide bonds. The van der Waals surface area contributed by atoms with Crippen molar-refractivity contribution in [3.05, 3.63) is 94.3 Å². The molecule has 6 heteroatoms. The van der Waals surface area contributed by atoms with E-state index in [2.05, 4.69) is 9.88 Å². The Morgan fingerprint density at radius 1 is 1.17 bits per heavy atom. The molecule has 0 fully saturated rings. The Morgan fingerprint density at radius 2 is 2.00 bits per heavy atom. The van der Waals surface area contributed by atoms with E-state index in [0.29, 0.717) is 36.7 Å². The van der Waals surface area contributed by atoms with Crippen LogP contribution in [-0.2, 0) is 13.1 Å². The number of halogens is 1. The van der Waals surface area contributed by atoms with Gasteiger partial charge in [-0.1, -0.05) is 24.3 Å². The van der Waals surface area contributed by atoms with E-state index in [1.54, 1.807) is 24.4 Å². The lowest BCUT2D eigenvalue weighted by atomic mass is 10.00. The Bertz CT molecular complexity index is 1170. The monoisotopic (exact) mass is 402 g/mol. The molecule has 0 aliphatic carbocycles. The molecule has 0 saturated carbocycles. The van der Waals surface area contributed by atoms with E-state index >= 15 is 0 Å². The minimum Gasteiger partial charge on any atom is -0.477 e. The molecule has 0 spiro atoms. The Balaban J connectivity index is 1.44. The Labute approximate surface area is 173 Å². The van der Waals surface area contributed by atoms with Crippen LogP contribution in [-0.4, -0.2) is 22.4 Å². The summed E-state index contributed by atoms with van der Waals surface area (Å²) in [6, 6.07) is 13.9. The molecule has 2 aliphatic rings. The van der Waals surface area contributed by atoms with Gasteiger partial charge in [0.25, 0.3) is 0 Å². The molecular formula is C24H19FN2O3. The van der Waals surface area contributed by atoms with Gasteiger partial charge in [0, 0.05) is 36.0 Å². The first-order valence-electron chi connectivity index (χ1n) is 9.70. The number of ketones is 1. The Morgan fingerprint density at radius 3 is 2.80 bits per heavy atom. The number of Topliss-reactive ketones (excluding diaryl/α,β-unsaturated/α-hetero) is 1. The highest BCUT2D eigenvalue weighted by Crippen LogP contribution is 2.43. The van der Waals surface area contributed by atoms with Crippen LogP contribution in [0.5, 0.6) is 11.5 Å². The predicted molar refractivity (Wildman–Crippen MR) is 109 cm³/mol. The molecule has 5 nitrogen and oxygen atoms in total. The van der Waals surface area contributed by atoms with Crippen molar-refractivity contribution in [1.82, 2.24) is 9.88 Å². The predicted octanol–water partition coefficient (Wildman–Crippen LogP) is 4.50. The van der Waals surface area contributed by atoms with E-state index in [-0.39, 0.29) is 11.5 Å². The summed E-state index contributed by atoms with van der Waals surface area (Å²) in [5.41, 5.74) is 3.46. The Kier molecular flexibility index (Phi) is 4.56. The molecular weight excluding hydrogens is 383 g/mol. The van der Waals surface area contributed by atoms with Crippen LogP contribution in [0.25, 0.3) is 6.08 Å². The number of fused-ring (bicyclic) bond motifs is 2. The zero-order valence-corrected chi connectivity index (χ0v) is 16.4. The number of pyridine rings is 1. The molecule has 0 atom stereocenters. The lowest BCUT2D eigenvalue weighted by molar-refractivity contribution is 0.0865. The summed E-state index contributed by atoms with van der Waals surface area (Å²) in [4.78, 5) is 19.4. The van der Waals surface area contributed by atoms with Gasteiger partial charge in [-0.3, -0.25) is 14.7 Å². The third-order valence-electron chi connectivity index (χ3n) is 5.31. The maximum atomic E-state index is 14.0. The van der Waals surface area contributed by atoms with Crippen molar-refractivity contribution in [3.63, 3.8) is 0 Å². The standard InChI is InChI=1S/C24H19FN2O3/c1-15-23-17(12-27(14-29-23)13-18-7-4-5-9-26-18)10-19-22(28)21(30-24(15)19)11-16-6-2-3-8-20(16)25/h2-11H,12-14H2,1H3. The normalized spacial score (nSPS) is 16.7. The molecule has 0 bridgehead atoms. The average molecular weight is 402 g/mol. The van der Waals surface area contributed by atoms with Crippen molar-refractivity contribution in [2.24, 2.45) is 0 Å². The molecule has 0 N–H and O–H groups in total. The summed E-state index contributed by atoms with van der Waals surface area (Å²) in [6.45, 7) is 3.60. The maximum Gasteiger partial charge on any atom is 0.231 e.